The monoisotopic (exact) mass is 367 g/mol. The predicted octanol–water partition coefficient (Wildman–Crippen LogP) is 3.27. The number of pyridine rings is 1. The Bertz CT molecular complexity index is 836. The van der Waals surface area contributed by atoms with E-state index < -0.39 is 5.41 Å². The highest BCUT2D eigenvalue weighted by atomic mass is 19.1. The van der Waals surface area contributed by atoms with E-state index in [1.165, 1.54) is 12.1 Å². The Morgan fingerprint density at radius 2 is 1.67 bits per heavy atom. The molecule has 0 bridgehead atoms. The standard InChI is InChI=1S/C21H22FN3O2/c22-17-3-5-18(6-4-17)25-14-2-10-21(20(25)27)9-1-13-24(15-21)19(26)16-7-11-23-12-8-16/h3-8,11-12H,1-2,9-10,13-15H2. The van der Waals surface area contributed by atoms with Gasteiger partial charge < -0.3 is 9.80 Å². The number of aromatic nitrogens is 1. The number of likely N-dealkylation sites (tertiary alicyclic amines) is 1. The fraction of sp³-hybridized carbons (Fsp3) is 0.381. The van der Waals surface area contributed by atoms with Crippen molar-refractivity contribution >= 4 is 17.5 Å². The van der Waals surface area contributed by atoms with Crippen LogP contribution in [0.3, 0.4) is 0 Å². The molecular formula is C21H22FN3O2. The van der Waals surface area contributed by atoms with E-state index in [-0.39, 0.29) is 17.6 Å². The Morgan fingerprint density at radius 3 is 2.37 bits per heavy atom. The van der Waals surface area contributed by atoms with Crippen molar-refractivity contribution < 1.29 is 14.0 Å². The molecule has 2 saturated heterocycles. The Kier molecular flexibility index (Phi) is 4.64. The summed E-state index contributed by atoms with van der Waals surface area (Å²) in [5.41, 5.74) is 0.770. The summed E-state index contributed by atoms with van der Waals surface area (Å²) in [6, 6.07) is 9.46. The zero-order valence-electron chi connectivity index (χ0n) is 15.1. The smallest absolute Gasteiger partial charge is 0.253 e. The molecule has 140 valence electrons. The minimum atomic E-state index is -0.548. The molecule has 0 N–H and O–H groups in total. The number of piperidine rings is 2. The van der Waals surface area contributed by atoms with Gasteiger partial charge in [0.1, 0.15) is 5.82 Å². The van der Waals surface area contributed by atoms with E-state index in [0.717, 1.165) is 31.4 Å². The number of rotatable bonds is 2. The molecule has 1 unspecified atom stereocenters. The Morgan fingerprint density at radius 1 is 1.00 bits per heavy atom. The van der Waals surface area contributed by atoms with E-state index in [0.29, 0.717) is 25.2 Å². The summed E-state index contributed by atoms with van der Waals surface area (Å²) in [7, 11) is 0. The van der Waals surface area contributed by atoms with Gasteiger partial charge in [0.2, 0.25) is 5.91 Å². The van der Waals surface area contributed by atoms with E-state index >= 15 is 0 Å². The molecule has 0 radical (unpaired) electrons. The van der Waals surface area contributed by atoms with Gasteiger partial charge in [0.05, 0.1) is 5.41 Å². The minimum absolute atomic E-state index is 0.0487. The summed E-state index contributed by atoms with van der Waals surface area (Å²) in [4.78, 5) is 33.7. The van der Waals surface area contributed by atoms with Gasteiger partial charge in [-0.25, -0.2) is 4.39 Å². The number of hydrogen-bond donors (Lipinski definition) is 0. The van der Waals surface area contributed by atoms with Crippen LogP contribution in [0.5, 0.6) is 0 Å². The summed E-state index contributed by atoms with van der Waals surface area (Å²) in [6.07, 6.45) is 6.46. The average molecular weight is 367 g/mol. The van der Waals surface area contributed by atoms with Crippen LogP contribution in [0.4, 0.5) is 10.1 Å². The summed E-state index contributed by atoms with van der Waals surface area (Å²) in [6.45, 7) is 1.72. The van der Waals surface area contributed by atoms with Crippen molar-refractivity contribution in [3.63, 3.8) is 0 Å². The largest absolute Gasteiger partial charge is 0.338 e. The lowest BCUT2D eigenvalue weighted by Gasteiger charge is -2.47. The van der Waals surface area contributed by atoms with Crippen LogP contribution in [0.2, 0.25) is 0 Å². The number of amides is 2. The van der Waals surface area contributed by atoms with E-state index in [1.54, 1.807) is 46.5 Å². The molecule has 2 aliphatic heterocycles. The van der Waals surface area contributed by atoms with E-state index in [4.69, 9.17) is 0 Å². The van der Waals surface area contributed by atoms with Crippen molar-refractivity contribution in [3.05, 3.63) is 60.2 Å². The molecule has 2 aliphatic rings. The molecule has 27 heavy (non-hydrogen) atoms. The van der Waals surface area contributed by atoms with Crippen LogP contribution in [0.1, 0.15) is 36.0 Å². The van der Waals surface area contributed by atoms with Crippen LogP contribution < -0.4 is 4.90 Å². The second-order valence-electron chi connectivity index (χ2n) is 7.38. The van der Waals surface area contributed by atoms with E-state index in [9.17, 15) is 14.0 Å². The quantitative estimate of drug-likeness (QED) is 0.819. The van der Waals surface area contributed by atoms with Crippen molar-refractivity contribution in [2.24, 2.45) is 5.41 Å². The molecule has 5 nitrogen and oxygen atoms in total. The fourth-order valence-electron chi connectivity index (χ4n) is 4.30. The first-order chi connectivity index (χ1) is 13.1. The SMILES string of the molecule is O=C(c1ccncc1)N1CCCC2(CCCN(c3ccc(F)cc3)C2=O)C1. The van der Waals surface area contributed by atoms with Crippen LogP contribution in [-0.2, 0) is 4.79 Å². The first-order valence-electron chi connectivity index (χ1n) is 9.36. The van der Waals surface area contributed by atoms with Crippen LogP contribution in [0.25, 0.3) is 0 Å². The Hall–Kier alpha value is -2.76. The zero-order chi connectivity index (χ0) is 18.9. The van der Waals surface area contributed by atoms with Crippen molar-refractivity contribution in [2.75, 3.05) is 24.5 Å². The van der Waals surface area contributed by atoms with Gasteiger partial charge in [-0.1, -0.05) is 0 Å². The third-order valence-electron chi connectivity index (χ3n) is 5.67. The Labute approximate surface area is 157 Å². The molecule has 1 aromatic heterocycles. The molecule has 0 aliphatic carbocycles. The predicted molar refractivity (Wildman–Crippen MR) is 99.8 cm³/mol. The van der Waals surface area contributed by atoms with Gasteiger partial charge in [-0.2, -0.15) is 0 Å². The lowest BCUT2D eigenvalue weighted by atomic mass is 9.72. The van der Waals surface area contributed by atoms with Gasteiger partial charge in [-0.05, 0) is 62.1 Å². The van der Waals surface area contributed by atoms with E-state index in [1.807, 2.05) is 0 Å². The highest BCUT2D eigenvalue weighted by Gasteiger charge is 2.47. The number of nitrogens with zero attached hydrogens (tertiary/aromatic N) is 3. The first kappa shape index (κ1) is 17.6. The number of carbonyl (C=O) groups is 2. The second kappa shape index (κ2) is 7.10. The third kappa shape index (κ3) is 3.31. The summed E-state index contributed by atoms with van der Waals surface area (Å²) in [5, 5.41) is 0. The lowest BCUT2D eigenvalue weighted by Crippen LogP contribution is -2.57. The Balaban J connectivity index is 1.57. The summed E-state index contributed by atoms with van der Waals surface area (Å²) >= 11 is 0. The maximum Gasteiger partial charge on any atom is 0.253 e. The fourth-order valence-corrected chi connectivity index (χ4v) is 4.30. The molecule has 1 atom stereocenters. The molecule has 3 heterocycles. The molecule has 2 aromatic rings. The maximum atomic E-state index is 13.4. The number of anilines is 1. The number of hydrogen-bond acceptors (Lipinski definition) is 3. The van der Waals surface area contributed by atoms with Gasteiger partial charge in [-0.3, -0.25) is 14.6 Å². The average Bonchev–Trinajstić information content (AvgIpc) is 2.71. The van der Waals surface area contributed by atoms with Crippen molar-refractivity contribution in [2.45, 2.75) is 25.7 Å². The van der Waals surface area contributed by atoms with Crippen LogP contribution in [0.15, 0.2) is 48.8 Å². The van der Waals surface area contributed by atoms with Gasteiger partial charge >= 0.3 is 0 Å². The topological polar surface area (TPSA) is 53.5 Å². The summed E-state index contributed by atoms with van der Waals surface area (Å²) < 4.78 is 13.2. The van der Waals surface area contributed by atoms with Crippen LogP contribution in [0, 0.1) is 11.2 Å². The molecular weight excluding hydrogens is 345 g/mol. The molecule has 6 heteroatoms. The number of halogens is 1. The molecule has 1 aromatic carbocycles. The van der Waals surface area contributed by atoms with Crippen molar-refractivity contribution in [1.29, 1.82) is 0 Å². The highest BCUT2D eigenvalue weighted by Crippen LogP contribution is 2.41. The lowest BCUT2D eigenvalue weighted by molar-refractivity contribution is -0.133. The van der Waals surface area contributed by atoms with Gasteiger partial charge in [0.15, 0.2) is 0 Å². The molecule has 2 amide bonds. The second-order valence-corrected chi connectivity index (χ2v) is 7.38. The third-order valence-corrected chi connectivity index (χ3v) is 5.67. The zero-order valence-corrected chi connectivity index (χ0v) is 15.1. The number of benzene rings is 1. The van der Waals surface area contributed by atoms with Gasteiger partial charge in [0, 0.05) is 43.3 Å². The van der Waals surface area contributed by atoms with Crippen molar-refractivity contribution in [3.8, 4) is 0 Å². The molecule has 2 fully saturated rings. The highest BCUT2D eigenvalue weighted by molar-refractivity contribution is 6.00. The minimum Gasteiger partial charge on any atom is -0.338 e. The number of carbonyl (C=O) groups excluding carboxylic acids is 2. The first-order valence-corrected chi connectivity index (χ1v) is 9.36. The van der Waals surface area contributed by atoms with E-state index in [2.05, 4.69) is 4.98 Å². The molecule has 0 saturated carbocycles. The normalized spacial score (nSPS) is 22.9. The van der Waals surface area contributed by atoms with Gasteiger partial charge in [-0.15, -0.1) is 0 Å². The molecule has 4 rings (SSSR count). The van der Waals surface area contributed by atoms with Crippen molar-refractivity contribution in [1.82, 2.24) is 9.88 Å². The van der Waals surface area contributed by atoms with Crippen LogP contribution >= 0.6 is 0 Å². The van der Waals surface area contributed by atoms with Gasteiger partial charge in [0.25, 0.3) is 5.91 Å². The van der Waals surface area contributed by atoms with Crippen LogP contribution in [-0.4, -0.2) is 41.3 Å². The summed E-state index contributed by atoms with van der Waals surface area (Å²) in [5.74, 6) is -0.319. The molecule has 1 spiro atoms. The maximum absolute atomic E-state index is 13.4.